The average molecular weight is 349 g/mol. The van der Waals surface area contributed by atoms with Crippen molar-refractivity contribution >= 4 is 40.7 Å². The number of aliphatic carboxylic acids is 1. The number of nitrogens with one attached hydrogen (secondary N) is 1. The fourth-order valence-electron chi connectivity index (χ4n) is 1.56. The van der Waals surface area contributed by atoms with E-state index in [9.17, 15) is 14.4 Å². The van der Waals surface area contributed by atoms with Gasteiger partial charge in [-0.05, 0) is 5.56 Å². The molecule has 1 heterocycles. The zero-order valence-corrected chi connectivity index (χ0v) is 12.9. The first kappa shape index (κ1) is 17.1. The third kappa shape index (κ3) is 4.88. The number of carbonyl (C=O) groups excluding carboxylic acids is 2. The Morgan fingerprint density at radius 3 is 2.75 bits per heavy atom. The number of hydrogen-bond acceptors (Lipinski definition) is 8. The molecule has 2 rings (SSSR count). The summed E-state index contributed by atoms with van der Waals surface area (Å²) in [7, 11) is 0. The molecule has 0 spiro atoms. The van der Waals surface area contributed by atoms with Gasteiger partial charge in [-0.25, -0.2) is 14.6 Å². The summed E-state index contributed by atoms with van der Waals surface area (Å²) >= 11 is 0.968. The number of thiazole rings is 1. The van der Waals surface area contributed by atoms with E-state index in [2.05, 4.69) is 20.3 Å². The molecule has 0 saturated heterocycles. The number of oxime groups is 1. The third-order valence-corrected chi connectivity index (χ3v) is 3.32. The minimum atomic E-state index is -1.43. The highest BCUT2D eigenvalue weighted by Crippen LogP contribution is 2.17. The Hall–Kier alpha value is -3.27. The number of nitrogens with zero attached hydrogens (tertiary/aromatic N) is 2. The first-order valence-corrected chi connectivity index (χ1v) is 7.32. The lowest BCUT2D eigenvalue weighted by molar-refractivity contribution is -0.130. The van der Waals surface area contributed by atoms with Crippen molar-refractivity contribution in [2.45, 2.75) is 6.61 Å². The summed E-state index contributed by atoms with van der Waals surface area (Å²) in [6.07, 6.45) is -0.738. The van der Waals surface area contributed by atoms with Gasteiger partial charge in [0.25, 0.3) is 0 Å². The first-order chi connectivity index (χ1) is 11.6. The Morgan fingerprint density at radius 2 is 2.08 bits per heavy atom. The summed E-state index contributed by atoms with van der Waals surface area (Å²) in [4.78, 5) is 40.7. The van der Waals surface area contributed by atoms with Crippen LogP contribution in [0, 0.1) is 0 Å². The van der Waals surface area contributed by atoms with Crippen molar-refractivity contribution in [2.75, 3.05) is 5.32 Å². The number of carboxylic acids is 1. The first-order valence-electron chi connectivity index (χ1n) is 6.44. The van der Waals surface area contributed by atoms with E-state index in [1.807, 2.05) is 18.2 Å². The molecule has 0 aliphatic rings. The van der Waals surface area contributed by atoms with Gasteiger partial charge in [-0.15, -0.1) is 11.3 Å². The summed E-state index contributed by atoms with van der Waals surface area (Å²) in [5.41, 5.74) is 0.190. The number of ether oxygens (including phenoxy) is 1. The number of anilines is 1. The van der Waals surface area contributed by atoms with E-state index in [4.69, 9.17) is 9.84 Å². The van der Waals surface area contributed by atoms with Crippen molar-refractivity contribution in [1.82, 2.24) is 4.98 Å². The molecule has 2 aromatic rings. The number of benzene rings is 1. The van der Waals surface area contributed by atoms with Gasteiger partial charge in [0.2, 0.25) is 5.71 Å². The van der Waals surface area contributed by atoms with Gasteiger partial charge in [0, 0.05) is 5.38 Å². The predicted octanol–water partition coefficient (Wildman–Crippen LogP) is 1.85. The van der Waals surface area contributed by atoms with E-state index in [1.165, 1.54) is 5.38 Å². The second-order valence-corrected chi connectivity index (χ2v) is 5.03. The molecule has 1 aromatic carbocycles. The van der Waals surface area contributed by atoms with Gasteiger partial charge in [0.05, 0.1) is 0 Å². The van der Waals surface area contributed by atoms with Crippen LogP contribution in [0.25, 0.3) is 0 Å². The molecule has 0 unspecified atom stereocenters. The average Bonchev–Trinajstić information content (AvgIpc) is 3.02. The summed E-state index contributed by atoms with van der Waals surface area (Å²) in [5, 5.41) is 15.9. The van der Waals surface area contributed by atoms with Crippen LogP contribution in [0.5, 0.6) is 0 Å². The van der Waals surface area contributed by atoms with Crippen molar-refractivity contribution < 1.29 is 29.1 Å². The van der Waals surface area contributed by atoms with E-state index >= 15 is 0 Å². The largest absolute Gasteiger partial charge is 0.476 e. The van der Waals surface area contributed by atoms with Gasteiger partial charge >= 0.3 is 18.5 Å². The summed E-state index contributed by atoms with van der Waals surface area (Å²) in [6, 6.07) is 9.08. The van der Waals surface area contributed by atoms with E-state index < -0.39 is 17.8 Å². The normalized spacial score (nSPS) is 10.8. The number of carbonyl (C=O) groups is 3. The van der Waals surface area contributed by atoms with E-state index in [0.29, 0.717) is 0 Å². The number of amides is 1. The van der Waals surface area contributed by atoms with Crippen LogP contribution in [0.15, 0.2) is 40.9 Å². The molecule has 24 heavy (non-hydrogen) atoms. The summed E-state index contributed by atoms with van der Waals surface area (Å²) < 4.78 is 5.01. The summed E-state index contributed by atoms with van der Waals surface area (Å²) in [6.45, 7) is 0.0648. The second kappa shape index (κ2) is 8.39. The number of hydrogen-bond donors (Lipinski definition) is 2. The van der Waals surface area contributed by atoms with Gasteiger partial charge < -0.3 is 14.7 Å². The molecule has 2 N–H and O–H groups in total. The van der Waals surface area contributed by atoms with Crippen LogP contribution in [-0.4, -0.2) is 34.3 Å². The fraction of sp³-hybridized carbons (Fsp3) is 0.0714. The lowest BCUT2D eigenvalue weighted by Crippen LogP contribution is -2.16. The van der Waals surface area contributed by atoms with Crippen LogP contribution in [0.4, 0.5) is 9.93 Å². The van der Waals surface area contributed by atoms with E-state index in [1.54, 1.807) is 12.1 Å². The molecule has 124 valence electrons. The van der Waals surface area contributed by atoms with Gasteiger partial charge in [-0.3, -0.25) is 10.1 Å². The molecule has 10 heteroatoms. The maximum absolute atomic E-state index is 11.7. The van der Waals surface area contributed by atoms with E-state index in [-0.39, 0.29) is 23.9 Å². The summed E-state index contributed by atoms with van der Waals surface area (Å²) in [5.74, 6) is -1.43. The fourth-order valence-corrected chi connectivity index (χ4v) is 2.24. The molecule has 0 fully saturated rings. The molecule has 9 nitrogen and oxygen atoms in total. The molecule has 0 bridgehead atoms. The van der Waals surface area contributed by atoms with Crippen LogP contribution >= 0.6 is 11.3 Å². The highest BCUT2D eigenvalue weighted by molar-refractivity contribution is 7.14. The van der Waals surface area contributed by atoms with Crippen molar-refractivity contribution in [3.05, 3.63) is 47.0 Å². The third-order valence-electron chi connectivity index (χ3n) is 2.56. The number of rotatable bonds is 7. The van der Waals surface area contributed by atoms with Crippen molar-refractivity contribution in [3.8, 4) is 0 Å². The second-order valence-electron chi connectivity index (χ2n) is 4.17. The minimum absolute atomic E-state index is 0.0184. The zero-order valence-electron chi connectivity index (χ0n) is 12.0. The molecule has 0 atom stereocenters. The minimum Gasteiger partial charge on any atom is -0.476 e. The van der Waals surface area contributed by atoms with Crippen molar-refractivity contribution in [1.29, 1.82) is 0 Å². The maximum Gasteiger partial charge on any atom is 0.413 e. The van der Waals surface area contributed by atoms with Gasteiger partial charge in [0.1, 0.15) is 12.3 Å². The Kier molecular flexibility index (Phi) is 5.97. The van der Waals surface area contributed by atoms with Crippen LogP contribution < -0.4 is 5.32 Å². The van der Waals surface area contributed by atoms with Gasteiger partial charge in [-0.1, -0.05) is 35.5 Å². The number of aromatic nitrogens is 1. The van der Waals surface area contributed by atoms with Gasteiger partial charge in [0.15, 0.2) is 5.13 Å². The Balaban J connectivity index is 1.96. The molecule has 0 radical (unpaired) electrons. The van der Waals surface area contributed by atoms with Crippen molar-refractivity contribution in [2.24, 2.45) is 5.16 Å². The smallest absolute Gasteiger partial charge is 0.413 e. The maximum atomic E-state index is 11.7. The standard InChI is InChI=1S/C14H11N3O6S/c18-8-23-17-11(12(19)20)10-7-24-13(15-10)16-14(21)22-6-9-4-2-1-3-5-9/h1-5,7-8H,6H2,(H,19,20)(H,15,16,21). The van der Waals surface area contributed by atoms with Crippen LogP contribution in [0.2, 0.25) is 0 Å². The molecule has 1 aromatic heterocycles. The lowest BCUT2D eigenvalue weighted by Gasteiger charge is -2.04. The molecular formula is C14H11N3O6S. The molecular weight excluding hydrogens is 338 g/mol. The zero-order chi connectivity index (χ0) is 17.4. The van der Waals surface area contributed by atoms with E-state index in [0.717, 1.165) is 16.9 Å². The van der Waals surface area contributed by atoms with Gasteiger partial charge in [-0.2, -0.15) is 0 Å². The molecule has 0 aliphatic carbocycles. The highest BCUT2D eigenvalue weighted by Gasteiger charge is 2.18. The predicted molar refractivity (Wildman–Crippen MR) is 83.7 cm³/mol. The Labute approximate surface area is 139 Å². The van der Waals surface area contributed by atoms with Crippen LogP contribution in [-0.2, 0) is 25.8 Å². The molecule has 0 saturated carbocycles. The molecule has 1 amide bonds. The number of carboxylic acid groups (broad SMARTS) is 1. The van der Waals surface area contributed by atoms with Crippen LogP contribution in [0.3, 0.4) is 0 Å². The quantitative estimate of drug-likeness (QED) is 0.338. The van der Waals surface area contributed by atoms with Crippen LogP contribution in [0.1, 0.15) is 11.3 Å². The Morgan fingerprint density at radius 1 is 1.33 bits per heavy atom. The Bertz CT molecular complexity index is 759. The monoisotopic (exact) mass is 349 g/mol. The SMILES string of the molecule is O=CON=C(C(=O)O)c1csc(NC(=O)OCc2ccccc2)n1. The lowest BCUT2D eigenvalue weighted by atomic mass is 10.2. The van der Waals surface area contributed by atoms with Crippen molar-refractivity contribution in [3.63, 3.8) is 0 Å². The molecule has 0 aliphatic heterocycles. The highest BCUT2D eigenvalue weighted by atomic mass is 32.1. The topological polar surface area (TPSA) is 127 Å².